The van der Waals surface area contributed by atoms with Crippen LogP contribution in [0.15, 0.2) is 6.33 Å². The topological polar surface area (TPSA) is 61.3 Å². The van der Waals surface area contributed by atoms with Crippen LogP contribution >= 0.6 is 0 Å². The van der Waals surface area contributed by atoms with E-state index < -0.39 is 0 Å². The maximum absolute atomic E-state index is 9.42. The Hall–Kier alpha value is -1.36. The van der Waals surface area contributed by atoms with Crippen molar-refractivity contribution in [2.24, 2.45) is 0 Å². The largest absolute Gasteiger partial charge is 0.393 e. The van der Waals surface area contributed by atoms with Crippen LogP contribution in [0.5, 0.6) is 0 Å². The minimum Gasteiger partial charge on any atom is -0.393 e. The van der Waals surface area contributed by atoms with Gasteiger partial charge in [-0.1, -0.05) is 20.3 Å². The third-order valence-electron chi connectivity index (χ3n) is 3.21. The van der Waals surface area contributed by atoms with E-state index in [0.717, 1.165) is 50.4 Å². The van der Waals surface area contributed by atoms with E-state index in [1.807, 2.05) is 14.0 Å². The third-order valence-corrected chi connectivity index (χ3v) is 3.21. The molecule has 0 spiro atoms. The first kappa shape index (κ1) is 16.7. The second-order valence-corrected chi connectivity index (χ2v) is 5.26. The van der Waals surface area contributed by atoms with E-state index in [4.69, 9.17) is 0 Å². The van der Waals surface area contributed by atoms with Crippen LogP contribution in [-0.2, 0) is 6.42 Å². The summed E-state index contributed by atoms with van der Waals surface area (Å²) in [7, 11) is 2.02. The summed E-state index contributed by atoms with van der Waals surface area (Å²) in [5, 5.41) is 12.8. The number of nitrogens with zero attached hydrogens (tertiary/aromatic N) is 3. The highest BCUT2D eigenvalue weighted by Crippen LogP contribution is 2.24. The molecule has 0 aliphatic carbocycles. The van der Waals surface area contributed by atoms with Crippen molar-refractivity contribution in [3.05, 3.63) is 11.9 Å². The van der Waals surface area contributed by atoms with Gasteiger partial charge in [-0.2, -0.15) is 0 Å². The predicted octanol–water partition coefficient (Wildman–Crippen LogP) is 2.46. The smallest absolute Gasteiger partial charge is 0.137 e. The SMILES string of the molecule is CCCNc1ncnc(N(C)CCC(C)O)c1CCC. The van der Waals surface area contributed by atoms with Crippen molar-refractivity contribution >= 4 is 11.6 Å². The van der Waals surface area contributed by atoms with Gasteiger partial charge in [0.15, 0.2) is 0 Å². The van der Waals surface area contributed by atoms with Gasteiger partial charge in [-0.3, -0.25) is 0 Å². The molecule has 1 rings (SSSR count). The average molecular weight is 280 g/mol. The first-order valence-electron chi connectivity index (χ1n) is 7.57. The summed E-state index contributed by atoms with van der Waals surface area (Å²) in [6.45, 7) is 7.83. The van der Waals surface area contributed by atoms with Crippen LogP contribution in [0.1, 0.15) is 45.6 Å². The van der Waals surface area contributed by atoms with Crippen molar-refractivity contribution in [1.29, 1.82) is 0 Å². The van der Waals surface area contributed by atoms with Gasteiger partial charge in [0.05, 0.1) is 6.10 Å². The number of rotatable bonds is 9. The van der Waals surface area contributed by atoms with Gasteiger partial charge in [0.1, 0.15) is 18.0 Å². The molecule has 1 aromatic heterocycles. The van der Waals surface area contributed by atoms with Gasteiger partial charge in [0.2, 0.25) is 0 Å². The molecule has 0 amide bonds. The summed E-state index contributed by atoms with van der Waals surface area (Å²) in [5.41, 5.74) is 1.18. The van der Waals surface area contributed by atoms with E-state index >= 15 is 0 Å². The van der Waals surface area contributed by atoms with Crippen molar-refractivity contribution < 1.29 is 5.11 Å². The molecule has 114 valence electrons. The lowest BCUT2D eigenvalue weighted by atomic mass is 10.1. The molecule has 0 radical (unpaired) electrons. The summed E-state index contributed by atoms with van der Waals surface area (Å²) >= 11 is 0. The summed E-state index contributed by atoms with van der Waals surface area (Å²) in [6, 6.07) is 0. The highest BCUT2D eigenvalue weighted by molar-refractivity contribution is 5.58. The molecule has 0 aliphatic rings. The Morgan fingerprint density at radius 1 is 1.30 bits per heavy atom. The van der Waals surface area contributed by atoms with Crippen LogP contribution in [0.4, 0.5) is 11.6 Å². The summed E-state index contributed by atoms with van der Waals surface area (Å²) in [6.07, 6.45) is 5.16. The van der Waals surface area contributed by atoms with Gasteiger partial charge in [0, 0.05) is 25.7 Å². The van der Waals surface area contributed by atoms with Crippen molar-refractivity contribution in [2.45, 2.75) is 52.6 Å². The molecule has 20 heavy (non-hydrogen) atoms. The maximum atomic E-state index is 9.42. The lowest BCUT2D eigenvalue weighted by Crippen LogP contribution is -2.24. The van der Waals surface area contributed by atoms with Gasteiger partial charge in [0.25, 0.3) is 0 Å². The second kappa shape index (κ2) is 8.74. The summed E-state index contributed by atoms with van der Waals surface area (Å²) in [5.74, 6) is 1.92. The Bertz CT molecular complexity index is 395. The Morgan fingerprint density at radius 3 is 2.65 bits per heavy atom. The minimum atomic E-state index is -0.286. The zero-order valence-electron chi connectivity index (χ0n) is 13.2. The number of aromatic nitrogens is 2. The molecule has 0 bridgehead atoms. The monoisotopic (exact) mass is 280 g/mol. The molecular weight excluding hydrogens is 252 g/mol. The van der Waals surface area contributed by atoms with E-state index in [0.29, 0.717) is 0 Å². The number of nitrogens with one attached hydrogen (secondary N) is 1. The van der Waals surface area contributed by atoms with Gasteiger partial charge in [-0.05, 0) is 26.2 Å². The van der Waals surface area contributed by atoms with Crippen LogP contribution in [0.3, 0.4) is 0 Å². The number of hydrogen-bond donors (Lipinski definition) is 2. The Kier molecular flexibility index (Phi) is 7.30. The number of hydrogen-bond acceptors (Lipinski definition) is 5. The Morgan fingerprint density at radius 2 is 2.05 bits per heavy atom. The highest BCUT2D eigenvalue weighted by atomic mass is 16.3. The van der Waals surface area contributed by atoms with Crippen LogP contribution in [0.2, 0.25) is 0 Å². The third kappa shape index (κ3) is 4.96. The van der Waals surface area contributed by atoms with Gasteiger partial charge >= 0.3 is 0 Å². The predicted molar refractivity (Wildman–Crippen MR) is 84.4 cm³/mol. The zero-order chi connectivity index (χ0) is 15.0. The fraction of sp³-hybridized carbons (Fsp3) is 0.733. The molecule has 0 aliphatic heterocycles. The molecule has 2 N–H and O–H groups in total. The molecule has 0 saturated carbocycles. The normalized spacial score (nSPS) is 12.2. The van der Waals surface area contributed by atoms with Crippen LogP contribution < -0.4 is 10.2 Å². The molecule has 1 atom stereocenters. The molecular formula is C15H28N4O. The van der Waals surface area contributed by atoms with E-state index in [9.17, 15) is 5.11 Å². The van der Waals surface area contributed by atoms with E-state index in [2.05, 4.69) is 34.0 Å². The maximum Gasteiger partial charge on any atom is 0.137 e. The molecule has 1 unspecified atom stereocenters. The molecule has 5 heteroatoms. The Balaban J connectivity index is 2.92. The zero-order valence-corrected chi connectivity index (χ0v) is 13.2. The molecule has 1 heterocycles. The molecule has 0 saturated heterocycles. The van der Waals surface area contributed by atoms with Crippen LogP contribution in [-0.4, -0.2) is 41.3 Å². The summed E-state index contributed by atoms with van der Waals surface area (Å²) in [4.78, 5) is 10.9. The molecule has 5 nitrogen and oxygen atoms in total. The quantitative estimate of drug-likeness (QED) is 0.727. The van der Waals surface area contributed by atoms with Gasteiger partial charge < -0.3 is 15.3 Å². The highest BCUT2D eigenvalue weighted by Gasteiger charge is 2.14. The fourth-order valence-electron chi connectivity index (χ4n) is 2.09. The fourth-order valence-corrected chi connectivity index (χ4v) is 2.09. The van der Waals surface area contributed by atoms with E-state index in [-0.39, 0.29) is 6.10 Å². The molecule has 1 aromatic rings. The standard InChI is InChI=1S/C15H28N4O/c1-5-7-13-14(16-9-6-2)17-11-18-15(13)19(4)10-8-12(3)20/h11-12,20H,5-10H2,1-4H3,(H,16,17,18). The van der Waals surface area contributed by atoms with Gasteiger partial charge in [-0.25, -0.2) is 9.97 Å². The summed E-state index contributed by atoms with van der Waals surface area (Å²) < 4.78 is 0. The number of aliphatic hydroxyl groups excluding tert-OH is 1. The van der Waals surface area contributed by atoms with Crippen LogP contribution in [0.25, 0.3) is 0 Å². The first-order valence-corrected chi connectivity index (χ1v) is 7.57. The van der Waals surface area contributed by atoms with Crippen molar-refractivity contribution in [3.63, 3.8) is 0 Å². The second-order valence-electron chi connectivity index (χ2n) is 5.26. The Labute approximate surface area is 122 Å². The number of anilines is 2. The lowest BCUT2D eigenvalue weighted by molar-refractivity contribution is 0.187. The molecule has 0 aromatic carbocycles. The minimum absolute atomic E-state index is 0.286. The van der Waals surface area contributed by atoms with Crippen molar-refractivity contribution in [1.82, 2.24) is 9.97 Å². The molecule has 0 fully saturated rings. The van der Waals surface area contributed by atoms with Gasteiger partial charge in [-0.15, -0.1) is 0 Å². The average Bonchev–Trinajstić information content (AvgIpc) is 2.43. The number of aliphatic hydroxyl groups is 1. The first-order chi connectivity index (χ1) is 9.60. The van der Waals surface area contributed by atoms with E-state index in [1.165, 1.54) is 5.56 Å². The van der Waals surface area contributed by atoms with Crippen molar-refractivity contribution in [2.75, 3.05) is 30.4 Å². The van der Waals surface area contributed by atoms with E-state index in [1.54, 1.807) is 6.33 Å². The van der Waals surface area contributed by atoms with Crippen molar-refractivity contribution in [3.8, 4) is 0 Å². The van der Waals surface area contributed by atoms with Crippen LogP contribution in [0, 0.1) is 0 Å². The lowest BCUT2D eigenvalue weighted by Gasteiger charge is -2.23.